The molecule has 0 saturated carbocycles. The van der Waals surface area contributed by atoms with E-state index in [2.05, 4.69) is 15.3 Å². The molecule has 0 unspecified atom stereocenters. The molecular weight excluding hydrogens is 370 g/mol. The molecule has 0 radical (unpaired) electrons. The highest BCUT2D eigenvalue weighted by atomic mass is 16.2. The Morgan fingerprint density at radius 3 is 2.48 bits per heavy atom. The van der Waals surface area contributed by atoms with Crippen LogP contribution in [0.1, 0.15) is 21.5 Å². The first-order valence-electron chi connectivity index (χ1n) is 9.04. The maximum atomic E-state index is 13.1. The van der Waals surface area contributed by atoms with E-state index >= 15 is 0 Å². The minimum atomic E-state index is -0.597. The highest BCUT2D eigenvalue weighted by molar-refractivity contribution is 6.05. The van der Waals surface area contributed by atoms with Gasteiger partial charge in [-0.2, -0.15) is 0 Å². The van der Waals surface area contributed by atoms with Crippen molar-refractivity contribution in [2.75, 3.05) is 0 Å². The van der Waals surface area contributed by atoms with E-state index < -0.39 is 11.2 Å². The lowest BCUT2D eigenvalue weighted by Gasteiger charge is -2.07. The first kappa shape index (κ1) is 18.4. The van der Waals surface area contributed by atoms with Crippen molar-refractivity contribution < 1.29 is 4.79 Å². The number of carbonyl (C=O) groups is 1. The van der Waals surface area contributed by atoms with Crippen LogP contribution in [0.15, 0.2) is 64.6 Å². The van der Waals surface area contributed by atoms with Crippen LogP contribution in [0.2, 0.25) is 0 Å². The van der Waals surface area contributed by atoms with Gasteiger partial charge in [0.05, 0.1) is 16.8 Å². The van der Waals surface area contributed by atoms with E-state index in [1.165, 1.54) is 0 Å². The fourth-order valence-electron chi connectivity index (χ4n) is 3.25. The van der Waals surface area contributed by atoms with Crippen LogP contribution in [0.25, 0.3) is 16.7 Å². The van der Waals surface area contributed by atoms with Gasteiger partial charge in [-0.15, -0.1) is 0 Å². The van der Waals surface area contributed by atoms with Gasteiger partial charge in [0.1, 0.15) is 5.52 Å². The molecule has 29 heavy (non-hydrogen) atoms. The molecule has 3 heterocycles. The van der Waals surface area contributed by atoms with Crippen molar-refractivity contribution in [1.29, 1.82) is 0 Å². The molecule has 0 fully saturated rings. The molecule has 146 valence electrons. The zero-order chi connectivity index (χ0) is 20.5. The van der Waals surface area contributed by atoms with E-state index in [0.717, 1.165) is 15.7 Å². The Morgan fingerprint density at radius 1 is 1.10 bits per heavy atom. The zero-order valence-electron chi connectivity index (χ0n) is 16.0. The van der Waals surface area contributed by atoms with Gasteiger partial charge in [-0.1, -0.05) is 17.7 Å². The van der Waals surface area contributed by atoms with E-state index in [0.29, 0.717) is 12.2 Å². The topological polar surface area (TPSA) is 102 Å². The van der Waals surface area contributed by atoms with Gasteiger partial charge in [0.25, 0.3) is 11.5 Å². The van der Waals surface area contributed by atoms with Crippen LogP contribution in [-0.4, -0.2) is 25.0 Å². The number of hydrogen-bond donors (Lipinski definition) is 2. The van der Waals surface area contributed by atoms with Crippen LogP contribution < -0.4 is 16.6 Å². The summed E-state index contributed by atoms with van der Waals surface area (Å²) in [6, 6.07) is 10.7. The van der Waals surface area contributed by atoms with Gasteiger partial charge in [0.15, 0.2) is 0 Å². The van der Waals surface area contributed by atoms with Crippen molar-refractivity contribution in [3.63, 3.8) is 0 Å². The van der Waals surface area contributed by atoms with Crippen LogP contribution in [0.5, 0.6) is 0 Å². The predicted octanol–water partition coefficient (Wildman–Crippen LogP) is 1.65. The maximum absolute atomic E-state index is 13.1. The Kier molecular flexibility index (Phi) is 4.59. The van der Waals surface area contributed by atoms with E-state index in [1.807, 2.05) is 19.1 Å². The van der Waals surface area contributed by atoms with Gasteiger partial charge in [0, 0.05) is 32.2 Å². The summed E-state index contributed by atoms with van der Waals surface area (Å²) in [7, 11) is 1.67. The van der Waals surface area contributed by atoms with Gasteiger partial charge in [0.2, 0.25) is 0 Å². The lowest BCUT2D eigenvalue weighted by molar-refractivity contribution is 0.0952. The molecule has 0 saturated heterocycles. The number of amides is 1. The minimum absolute atomic E-state index is 0.220. The quantitative estimate of drug-likeness (QED) is 0.554. The van der Waals surface area contributed by atoms with Gasteiger partial charge in [-0.05, 0) is 36.8 Å². The van der Waals surface area contributed by atoms with E-state index in [4.69, 9.17) is 0 Å². The molecule has 2 N–H and O–H groups in total. The normalized spacial score (nSPS) is 11.0. The number of nitrogens with zero attached hydrogens (tertiary/aromatic N) is 3. The number of pyridine rings is 1. The van der Waals surface area contributed by atoms with E-state index in [1.54, 1.807) is 54.5 Å². The fourth-order valence-corrected chi connectivity index (χ4v) is 3.25. The van der Waals surface area contributed by atoms with E-state index in [9.17, 15) is 14.4 Å². The monoisotopic (exact) mass is 389 g/mol. The molecule has 8 heteroatoms. The molecule has 1 aromatic carbocycles. The Labute approximate surface area is 165 Å². The molecule has 0 spiro atoms. The minimum Gasteiger partial charge on any atom is -0.348 e. The molecule has 0 bridgehead atoms. The van der Waals surface area contributed by atoms with Gasteiger partial charge in [-0.3, -0.25) is 14.6 Å². The maximum Gasteiger partial charge on any atom is 0.333 e. The number of aromatic amines is 1. The third-order valence-corrected chi connectivity index (χ3v) is 4.76. The van der Waals surface area contributed by atoms with E-state index in [-0.39, 0.29) is 22.5 Å². The third-order valence-electron chi connectivity index (χ3n) is 4.76. The second kappa shape index (κ2) is 7.23. The van der Waals surface area contributed by atoms with Crippen LogP contribution in [0.4, 0.5) is 0 Å². The highest BCUT2D eigenvalue weighted by Crippen LogP contribution is 2.15. The van der Waals surface area contributed by atoms with Crippen molar-refractivity contribution >= 4 is 16.9 Å². The molecule has 4 rings (SSSR count). The smallest absolute Gasteiger partial charge is 0.333 e. The number of benzene rings is 1. The number of rotatable bonds is 4. The number of aromatic nitrogens is 4. The van der Waals surface area contributed by atoms with Crippen molar-refractivity contribution in [3.8, 4) is 5.69 Å². The van der Waals surface area contributed by atoms with Crippen LogP contribution >= 0.6 is 0 Å². The van der Waals surface area contributed by atoms with Gasteiger partial charge < -0.3 is 14.9 Å². The SMILES string of the molecule is Cc1ccc(-n2c(=O)[nH]c3c(C(=O)NCc4ccncc4)cn(C)c3c2=O)cc1. The summed E-state index contributed by atoms with van der Waals surface area (Å²) in [6.07, 6.45) is 4.83. The molecule has 0 atom stereocenters. The Bertz CT molecular complexity index is 1310. The second-order valence-electron chi connectivity index (χ2n) is 6.82. The zero-order valence-corrected chi connectivity index (χ0v) is 16.0. The van der Waals surface area contributed by atoms with Crippen LogP contribution in [0.3, 0.4) is 0 Å². The van der Waals surface area contributed by atoms with Crippen molar-refractivity contribution in [3.05, 3.63) is 92.5 Å². The van der Waals surface area contributed by atoms with Gasteiger partial charge in [-0.25, -0.2) is 9.36 Å². The molecule has 0 aliphatic rings. The van der Waals surface area contributed by atoms with Crippen molar-refractivity contribution in [2.24, 2.45) is 7.05 Å². The first-order valence-corrected chi connectivity index (χ1v) is 9.04. The molecule has 0 aliphatic carbocycles. The summed E-state index contributed by atoms with van der Waals surface area (Å²) in [4.78, 5) is 45.0. The number of aryl methyl sites for hydroxylation is 2. The van der Waals surface area contributed by atoms with Gasteiger partial charge >= 0.3 is 5.69 Å². The van der Waals surface area contributed by atoms with Crippen molar-refractivity contribution in [2.45, 2.75) is 13.5 Å². The van der Waals surface area contributed by atoms with Crippen LogP contribution in [-0.2, 0) is 13.6 Å². The lowest BCUT2D eigenvalue weighted by Crippen LogP contribution is -2.34. The number of H-pyrrole nitrogens is 1. The Morgan fingerprint density at radius 2 is 1.79 bits per heavy atom. The Balaban J connectivity index is 1.76. The number of carbonyl (C=O) groups excluding carboxylic acids is 1. The number of fused-ring (bicyclic) bond motifs is 1. The molecular formula is C21H19N5O3. The average Bonchev–Trinajstić information content (AvgIpc) is 3.04. The summed E-state index contributed by atoms with van der Waals surface area (Å²) >= 11 is 0. The summed E-state index contributed by atoms with van der Waals surface area (Å²) in [5, 5.41) is 2.80. The Hall–Kier alpha value is -3.94. The summed E-state index contributed by atoms with van der Waals surface area (Å²) in [5.74, 6) is -0.379. The summed E-state index contributed by atoms with van der Waals surface area (Å²) in [6.45, 7) is 2.23. The first-order chi connectivity index (χ1) is 14.0. The molecule has 0 aliphatic heterocycles. The fraction of sp³-hybridized carbons (Fsp3) is 0.143. The molecule has 1 amide bonds. The molecule has 3 aromatic heterocycles. The lowest BCUT2D eigenvalue weighted by atomic mass is 10.2. The highest BCUT2D eigenvalue weighted by Gasteiger charge is 2.20. The summed E-state index contributed by atoms with van der Waals surface area (Å²) < 4.78 is 2.63. The average molecular weight is 389 g/mol. The standard InChI is InChI=1S/C21H19N5O3/c1-13-3-5-15(6-4-13)26-20(28)18-17(24-21(26)29)16(12-25(18)2)19(27)23-11-14-7-9-22-10-8-14/h3-10,12H,11H2,1-2H3,(H,23,27)(H,24,29). The second-order valence-corrected chi connectivity index (χ2v) is 6.82. The molecule has 4 aromatic rings. The summed E-state index contributed by atoms with van der Waals surface area (Å²) in [5.41, 5.74) is 2.01. The molecule has 8 nitrogen and oxygen atoms in total. The van der Waals surface area contributed by atoms with Crippen molar-refractivity contribution in [1.82, 2.24) is 24.4 Å². The predicted molar refractivity (Wildman–Crippen MR) is 109 cm³/mol. The largest absolute Gasteiger partial charge is 0.348 e. The number of nitrogens with one attached hydrogen (secondary N) is 2. The number of hydrogen-bond acceptors (Lipinski definition) is 4. The third kappa shape index (κ3) is 3.36. The van der Waals surface area contributed by atoms with Crippen LogP contribution in [0, 0.1) is 6.92 Å².